The van der Waals surface area contributed by atoms with Crippen LogP contribution >= 0.6 is 11.6 Å². The van der Waals surface area contributed by atoms with Crippen molar-refractivity contribution >= 4 is 17.5 Å². The third-order valence-corrected chi connectivity index (χ3v) is 4.65. The summed E-state index contributed by atoms with van der Waals surface area (Å²) in [6.45, 7) is 0.441. The Morgan fingerprint density at radius 1 is 1.04 bits per heavy atom. The van der Waals surface area contributed by atoms with E-state index in [1.165, 1.54) is 6.07 Å². The van der Waals surface area contributed by atoms with E-state index < -0.39 is 17.7 Å². The highest BCUT2D eigenvalue weighted by Gasteiger charge is 2.37. The third-order valence-electron chi connectivity index (χ3n) is 4.32. The highest BCUT2D eigenvalue weighted by Crippen LogP contribution is 2.42. The summed E-state index contributed by atoms with van der Waals surface area (Å²) in [6, 6.07) is 13.0. The molecule has 0 aliphatic carbocycles. The van der Waals surface area contributed by atoms with Crippen molar-refractivity contribution < 1.29 is 18.0 Å². The van der Waals surface area contributed by atoms with Crippen LogP contribution < -0.4 is 5.32 Å². The van der Waals surface area contributed by atoms with Gasteiger partial charge in [0.1, 0.15) is 0 Å². The molecule has 1 aliphatic heterocycles. The Balaban J connectivity index is 2.04. The van der Waals surface area contributed by atoms with Crippen molar-refractivity contribution in [2.24, 2.45) is 0 Å². The second kappa shape index (κ2) is 6.48. The first kappa shape index (κ1) is 16.8. The highest BCUT2D eigenvalue weighted by atomic mass is 35.5. The molecule has 126 valence electrons. The smallest absolute Gasteiger partial charge is 0.356 e. The minimum Gasteiger partial charge on any atom is -0.356 e. The predicted octanol–water partition coefficient (Wildman–Crippen LogP) is 4.75. The first-order valence-corrected chi connectivity index (χ1v) is 7.95. The zero-order valence-electron chi connectivity index (χ0n) is 12.6. The lowest BCUT2D eigenvalue weighted by atomic mass is 9.76. The van der Waals surface area contributed by atoms with Gasteiger partial charge in [-0.05, 0) is 29.7 Å². The summed E-state index contributed by atoms with van der Waals surface area (Å²) in [5.74, 6) is -0.998. The second-order valence-electron chi connectivity index (χ2n) is 5.81. The van der Waals surface area contributed by atoms with E-state index >= 15 is 0 Å². The van der Waals surface area contributed by atoms with Gasteiger partial charge < -0.3 is 5.32 Å². The van der Waals surface area contributed by atoms with Crippen molar-refractivity contribution in [3.05, 3.63) is 70.2 Å². The topological polar surface area (TPSA) is 29.1 Å². The van der Waals surface area contributed by atoms with E-state index in [0.717, 1.165) is 11.6 Å². The van der Waals surface area contributed by atoms with Crippen molar-refractivity contribution in [2.45, 2.75) is 24.4 Å². The monoisotopic (exact) mass is 353 g/mol. The fourth-order valence-electron chi connectivity index (χ4n) is 3.20. The molecule has 0 aromatic heterocycles. The average molecular weight is 354 g/mol. The molecule has 1 fully saturated rings. The van der Waals surface area contributed by atoms with E-state index in [1.807, 2.05) is 30.3 Å². The van der Waals surface area contributed by atoms with Gasteiger partial charge in [-0.3, -0.25) is 4.79 Å². The van der Waals surface area contributed by atoms with Gasteiger partial charge in [0.25, 0.3) is 0 Å². The van der Waals surface area contributed by atoms with Crippen molar-refractivity contribution in [2.75, 3.05) is 6.54 Å². The van der Waals surface area contributed by atoms with Gasteiger partial charge in [-0.15, -0.1) is 0 Å². The van der Waals surface area contributed by atoms with Gasteiger partial charge in [0.15, 0.2) is 0 Å². The van der Waals surface area contributed by atoms with Crippen LogP contribution in [0.3, 0.4) is 0 Å². The standard InChI is InChI=1S/C18H15ClF3NO/c19-15-7-6-12(10-14(15)18(20,21)22)13-8-9-23-17(24)16(13)11-4-2-1-3-5-11/h1-7,10,13,16H,8-9H2,(H,23,24)/t13-,16+/m1/s1. The molecular formula is C18H15ClF3NO. The zero-order chi connectivity index (χ0) is 17.3. The van der Waals surface area contributed by atoms with Crippen LogP contribution in [-0.2, 0) is 11.0 Å². The predicted molar refractivity (Wildman–Crippen MR) is 86.0 cm³/mol. The van der Waals surface area contributed by atoms with Crippen molar-refractivity contribution in [1.29, 1.82) is 0 Å². The summed E-state index contributed by atoms with van der Waals surface area (Å²) in [5, 5.41) is 2.47. The van der Waals surface area contributed by atoms with Crippen LogP contribution in [0.4, 0.5) is 13.2 Å². The summed E-state index contributed by atoms with van der Waals surface area (Å²) in [6.07, 6.45) is -3.95. The minimum absolute atomic E-state index is 0.166. The van der Waals surface area contributed by atoms with Gasteiger partial charge in [0.2, 0.25) is 5.91 Å². The molecule has 0 spiro atoms. The molecular weight excluding hydrogens is 339 g/mol. The Morgan fingerprint density at radius 2 is 1.75 bits per heavy atom. The molecule has 2 nitrogen and oxygen atoms in total. The summed E-state index contributed by atoms with van der Waals surface area (Å²) in [4.78, 5) is 12.4. The van der Waals surface area contributed by atoms with Crippen LogP contribution in [0.25, 0.3) is 0 Å². The average Bonchev–Trinajstić information content (AvgIpc) is 2.55. The number of amides is 1. The molecule has 1 amide bonds. The number of benzene rings is 2. The maximum absolute atomic E-state index is 13.1. The van der Waals surface area contributed by atoms with Gasteiger partial charge >= 0.3 is 6.18 Å². The first-order valence-electron chi connectivity index (χ1n) is 7.57. The van der Waals surface area contributed by atoms with E-state index in [-0.39, 0.29) is 16.8 Å². The summed E-state index contributed by atoms with van der Waals surface area (Å²) in [7, 11) is 0. The molecule has 0 saturated carbocycles. The third kappa shape index (κ3) is 3.26. The summed E-state index contributed by atoms with van der Waals surface area (Å²) >= 11 is 5.70. The number of hydrogen-bond donors (Lipinski definition) is 1. The van der Waals surface area contributed by atoms with E-state index in [2.05, 4.69) is 5.32 Å². The number of rotatable bonds is 2. The fraction of sp³-hybridized carbons (Fsp3) is 0.278. The maximum Gasteiger partial charge on any atom is 0.417 e. The lowest BCUT2D eigenvalue weighted by Crippen LogP contribution is -2.39. The van der Waals surface area contributed by atoms with Crippen molar-refractivity contribution in [3.8, 4) is 0 Å². The molecule has 0 bridgehead atoms. The fourth-order valence-corrected chi connectivity index (χ4v) is 3.43. The maximum atomic E-state index is 13.1. The largest absolute Gasteiger partial charge is 0.417 e. The molecule has 2 aromatic carbocycles. The summed E-state index contributed by atoms with van der Waals surface area (Å²) < 4.78 is 39.4. The van der Waals surface area contributed by atoms with E-state index in [9.17, 15) is 18.0 Å². The Hall–Kier alpha value is -2.01. The lowest BCUT2D eigenvalue weighted by Gasteiger charge is -2.32. The lowest BCUT2D eigenvalue weighted by molar-refractivity contribution is -0.137. The normalized spacial score (nSPS) is 21.4. The molecule has 24 heavy (non-hydrogen) atoms. The number of halogens is 4. The molecule has 0 unspecified atom stereocenters. The highest BCUT2D eigenvalue weighted by molar-refractivity contribution is 6.31. The van der Waals surface area contributed by atoms with Gasteiger partial charge in [-0.1, -0.05) is 48.0 Å². The number of piperidine rings is 1. The van der Waals surface area contributed by atoms with Crippen LogP contribution in [0.15, 0.2) is 48.5 Å². The summed E-state index contributed by atoms with van der Waals surface area (Å²) in [5.41, 5.74) is 0.415. The van der Waals surface area contributed by atoms with Crippen LogP contribution in [0.1, 0.15) is 34.9 Å². The number of nitrogens with one attached hydrogen (secondary N) is 1. The van der Waals surface area contributed by atoms with Crippen molar-refractivity contribution in [1.82, 2.24) is 5.32 Å². The molecule has 1 saturated heterocycles. The molecule has 3 rings (SSSR count). The minimum atomic E-state index is -4.52. The SMILES string of the molecule is O=C1NCC[C@H](c2ccc(Cl)c(C(F)(F)F)c2)[C@@H]1c1ccccc1. The van der Waals surface area contributed by atoms with Crippen LogP contribution in [0.5, 0.6) is 0 Å². The molecule has 0 radical (unpaired) electrons. The first-order chi connectivity index (χ1) is 11.4. The second-order valence-corrected chi connectivity index (χ2v) is 6.22. The number of carbonyl (C=O) groups excluding carboxylic acids is 1. The molecule has 2 aromatic rings. The molecule has 2 atom stereocenters. The molecule has 6 heteroatoms. The van der Waals surface area contributed by atoms with Crippen LogP contribution in [-0.4, -0.2) is 12.5 Å². The number of carbonyl (C=O) groups is 1. The Bertz CT molecular complexity index is 746. The Labute approximate surface area is 142 Å². The quantitative estimate of drug-likeness (QED) is 0.829. The van der Waals surface area contributed by atoms with Gasteiger partial charge in [0, 0.05) is 12.5 Å². The number of hydrogen-bond acceptors (Lipinski definition) is 1. The van der Waals surface area contributed by atoms with Gasteiger partial charge in [-0.2, -0.15) is 13.2 Å². The number of alkyl halides is 3. The van der Waals surface area contributed by atoms with Crippen LogP contribution in [0, 0.1) is 0 Å². The van der Waals surface area contributed by atoms with Gasteiger partial charge in [-0.25, -0.2) is 0 Å². The zero-order valence-corrected chi connectivity index (χ0v) is 13.4. The van der Waals surface area contributed by atoms with Crippen molar-refractivity contribution in [3.63, 3.8) is 0 Å². The molecule has 1 N–H and O–H groups in total. The Kier molecular flexibility index (Phi) is 4.54. The van der Waals surface area contributed by atoms with Crippen LogP contribution in [0.2, 0.25) is 5.02 Å². The van der Waals surface area contributed by atoms with E-state index in [4.69, 9.17) is 11.6 Å². The van der Waals surface area contributed by atoms with Gasteiger partial charge in [0.05, 0.1) is 16.5 Å². The Morgan fingerprint density at radius 3 is 2.42 bits per heavy atom. The molecule has 1 heterocycles. The van der Waals surface area contributed by atoms with E-state index in [0.29, 0.717) is 18.5 Å². The molecule has 1 aliphatic rings. The van der Waals surface area contributed by atoms with E-state index in [1.54, 1.807) is 6.07 Å².